The van der Waals surface area contributed by atoms with Crippen LogP contribution in [0.4, 0.5) is 13.2 Å². The Hall–Kier alpha value is -2.87. The predicted octanol–water partition coefficient (Wildman–Crippen LogP) is 4.18. The van der Waals surface area contributed by atoms with Gasteiger partial charge in [-0.05, 0) is 48.9 Å². The van der Waals surface area contributed by atoms with Gasteiger partial charge in [-0.2, -0.15) is 13.2 Å². The Morgan fingerprint density at radius 2 is 1.92 bits per heavy atom. The zero-order valence-corrected chi connectivity index (χ0v) is 14.0. The first-order valence-electron chi connectivity index (χ1n) is 7.30. The lowest BCUT2D eigenvalue weighted by Gasteiger charge is -2.09. The lowest BCUT2D eigenvalue weighted by atomic mass is 10.0. The van der Waals surface area contributed by atoms with E-state index in [1.165, 1.54) is 37.4 Å². The number of carbonyl (C=O) groups is 1. The summed E-state index contributed by atoms with van der Waals surface area (Å²) in [6.45, 7) is 1.47. The van der Waals surface area contributed by atoms with E-state index in [4.69, 9.17) is 11.6 Å². The number of benzene rings is 2. The van der Waals surface area contributed by atoms with Crippen molar-refractivity contribution < 1.29 is 23.1 Å². The average Bonchev–Trinajstić information content (AvgIpc) is 3.04. The van der Waals surface area contributed by atoms with Gasteiger partial charge < -0.3 is 5.11 Å². The van der Waals surface area contributed by atoms with Crippen LogP contribution in [0, 0.1) is 6.92 Å². The highest BCUT2D eigenvalue weighted by atomic mass is 35.5. The van der Waals surface area contributed by atoms with Crippen LogP contribution in [-0.4, -0.2) is 25.9 Å². The van der Waals surface area contributed by atoms with Crippen LogP contribution in [0.3, 0.4) is 0 Å². The molecule has 3 aromatic rings. The molecule has 134 valence electrons. The average molecular weight is 382 g/mol. The molecule has 0 aliphatic carbocycles. The zero-order valence-electron chi connectivity index (χ0n) is 13.3. The summed E-state index contributed by atoms with van der Waals surface area (Å²) in [5.41, 5.74) is -0.754. The van der Waals surface area contributed by atoms with Gasteiger partial charge in [0.1, 0.15) is 11.4 Å². The number of aromatic hydroxyl groups is 1. The number of halogens is 4. The van der Waals surface area contributed by atoms with Crippen LogP contribution in [0.5, 0.6) is 5.75 Å². The van der Waals surface area contributed by atoms with Crippen molar-refractivity contribution in [3.63, 3.8) is 0 Å². The highest BCUT2D eigenvalue weighted by molar-refractivity contribution is 6.30. The van der Waals surface area contributed by atoms with Gasteiger partial charge in [0.25, 0.3) is 0 Å². The number of ketones is 1. The predicted molar refractivity (Wildman–Crippen MR) is 87.6 cm³/mol. The van der Waals surface area contributed by atoms with Gasteiger partial charge in [-0.1, -0.05) is 16.8 Å². The zero-order chi connectivity index (χ0) is 19.1. The molecular formula is C17H11ClF3N3O2. The Morgan fingerprint density at radius 3 is 2.62 bits per heavy atom. The summed E-state index contributed by atoms with van der Waals surface area (Å²) < 4.78 is 39.9. The van der Waals surface area contributed by atoms with E-state index in [1.54, 1.807) is 0 Å². The van der Waals surface area contributed by atoms with Gasteiger partial charge >= 0.3 is 6.18 Å². The summed E-state index contributed by atoms with van der Waals surface area (Å²) in [6, 6.07) is 7.29. The third-order valence-corrected chi connectivity index (χ3v) is 3.81. The van der Waals surface area contributed by atoms with Crippen LogP contribution in [0.25, 0.3) is 5.69 Å². The second-order valence-corrected chi connectivity index (χ2v) is 6.03. The second-order valence-electron chi connectivity index (χ2n) is 5.60. The molecule has 5 nitrogen and oxygen atoms in total. The molecular weight excluding hydrogens is 371 g/mol. The van der Waals surface area contributed by atoms with Gasteiger partial charge in [-0.3, -0.25) is 4.79 Å². The van der Waals surface area contributed by atoms with E-state index in [2.05, 4.69) is 10.3 Å². The van der Waals surface area contributed by atoms with Crippen molar-refractivity contribution in [3.8, 4) is 11.4 Å². The van der Waals surface area contributed by atoms with Gasteiger partial charge in [-0.25, -0.2) is 4.68 Å². The number of nitrogens with zero attached hydrogens (tertiary/aromatic N) is 3. The Balaban J connectivity index is 1.99. The highest BCUT2D eigenvalue weighted by Crippen LogP contribution is 2.31. The fourth-order valence-corrected chi connectivity index (χ4v) is 2.56. The molecule has 0 amide bonds. The largest absolute Gasteiger partial charge is 0.506 e. The van der Waals surface area contributed by atoms with Crippen molar-refractivity contribution in [1.82, 2.24) is 15.0 Å². The molecule has 1 heterocycles. The van der Waals surface area contributed by atoms with Gasteiger partial charge in [0.2, 0.25) is 5.78 Å². The first kappa shape index (κ1) is 17.9. The molecule has 0 aliphatic heterocycles. The van der Waals surface area contributed by atoms with E-state index in [1.807, 2.05) is 0 Å². The molecule has 9 heteroatoms. The van der Waals surface area contributed by atoms with E-state index in [9.17, 15) is 23.1 Å². The normalized spacial score (nSPS) is 11.6. The summed E-state index contributed by atoms with van der Waals surface area (Å²) in [7, 11) is 0. The summed E-state index contributed by atoms with van der Waals surface area (Å²) in [5, 5.41) is 17.6. The molecule has 0 unspecified atom stereocenters. The van der Waals surface area contributed by atoms with Gasteiger partial charge in [-0.15, -0.1) is 5.10 Å². The molecule has 1 aromatic heterocycles. The fraction of sp³-hybridized carbons (Fsp3) is 0.118. The molecule has 0 atom stereocenters. The maximum atomic E-state index is 12.9. The van der Waals surface area contributed by atoms with Gasteiger partial charge in [0.15, 0.2) is 5.69 Å². The van der Waals surface area contributed by atoms with E-state index in [0.717, 1.165) is 16.8 Å². The lowest BCUT2D eigenvalue weighted by molar-refractivity contribution is -0.137. The molecule has 26 heavy (non-hydrogen) atoms. The second kappa shape index (κ2) is 6.45. The number of alkyl halides is 3. The van der Waals surface area contributed by atoms with Crippen molar-refractivity contribution in [1.29, 1.82) is 0 Å². The Morgan fingerprint density at radius 1 is 1.19 bits per heavy atom. The van der Waals surface area contributed by atoms with Gasteiger partial charge in [0, 0.05) is 10.6 Å². The molecule has 3 rings (SSSR count). The van der Waals surface area contributed by atoms with Crippen LogP contribution >= 0.6 is 11.6 Å². The summed E-state index contributed by atoms with van der Waals surface area (Å²) in [5.74, 6) is -0.861. The topological polar surface area (TPSA) is 68.0 Å². The number of aromatic nitrogens is 3. The van der Waals surface area contributed by atoms with Crippen molar-refractivity contribution in [2.75, 3.05) is 0 Å². The van der Waals surface area contributed by atoms with Crippen molar-refractivity contribution >= 4 is 17.4 Å². The van der Waals surface area contributed by atoms with E-state index in [0.29, 0.717) is 10.6 Å². The van der Waals surface area contributed by atoms with Crippen LogP contribution in [0.15, 0.2) is 42.6 Å². The number of hydrogen-bond donors (Lipinski definition) is 1. The SMILES string of the molecule is Cc1cc(C(=O)c2cn(-c3cc(Cl)ccc3O)nn2)cc(C(F)(F)F)c1. The van der Waals surface area contributed by atoms with Crippen molar-refractivity contribution in [2.24, 2.45) is 0 Å². The summed E-state index contributed by atoms with van der Waals surface area (Å²) in [4.78, 5) is 12.5. The smallest absolute Gasteiger partial charge is 0.416 e. The third-order valence-electron chi connectivity index (χ3n) is 3.58. The van der Waals surface area contributed by atoms with Crippen molar-refractivity contribution in [3.05, 3.63) is 70.0 Å². The molecule has 2 aromatic carbocycles. The third kappa shape index (κ3) is 3.55. The van der Waals surface area contributed by atoms with Crippen LogP contribution in [0.2, 0.25) is 5.02 Å². The quantitative estimate of drug-likeness (QED) is 0.691. The lowest BCUT2D eigenvalue weighted by Crippen LogP contribution is -2.09. The standard InChI is InChI=1S/C17H11ClF3N3O2/c1-9-4-10(6-11(5-9)17(19,20)21)16(26)13-8-24(23-22-13)14-7-12(18)2-3-15(14)25/h2-8,25H,1H3. The van der Waals surface area contributed by atoms with Crippen LogP contribution < -0.4 is 0 Å². The first-order chi connectivity index (χ1) is 12.1. The molecule has 0 fully saturated rings. The maximum Gasteiger partial charge on any atom is 0.416 e. The molecule has 0 saturated carbocycles. The van der Waals surface area contributed by atoms with Crippen LogP contribution in [-0.2, 0) is 6.18 Å². The van der Waals surface area contributed by atoms with Crippen molar-refractivity contribution in [2.45, 2.75) is 13.1 Å². The highest BCUT2D eigenvalue weighted by Gasteiger charge is 2.31. The summed E-state index contributed by atoms with van der Waals surface area (Å²) in [6.07, 6.45) is -3.35. The Bertz CT molecular complexity index is 999. The number of phenols is 1. The molecule has 0 bridgehead atoms. The Kier molecular flexibility index (Phi) is 4.45. The number of carbonyl (C=O) groups excluding carboxylic acids is 1. The number of hydrogen-bond acceptors (Lipinski definition) is 4. The van der Waals surface area contributed by atoms with E-state index < -0.39 is 17.5 Å². The van der Waals surface area contributed by atoms with E-state index in [-0.39, 0.29) is 22.7 Å². The fourth-order valence-electron chi connectivity index (χ4n) is 2.39. The number of aryl methyl sites for hydroxylation is 1. The van der Waals surface area contributed by atoms with Gasteiger partial charge in [0.05, 0.1) is 11.8 Å². The minimum absolute atomic E-state index is 0.145. The van der Waals surface area contributed by atoms with E-state index >= 15 is 0 Å². The van der Waals surface area contributed by atoms with Crippen LogP contribution in [0.1, 0.15) is 27.2 Å². The molecule has 1 N–H and O–H groups in total. The minimum Gasteiger partial charge on any atom is -0.506 e. The monoisotopic (exact) mass is 381 g/mol. The maximum absolute atomic E-state index is 12.9. The first-order valence-corrected chi connectivity index (χ1v) is 7.68. The molecule has 0 saturated heterocycles. The number of phenolic OH excluding ortho intramolecular Hbond substituents is 1. The molecule has 0 radical (unpaired) electrons. The summed E-state index contributed by atoms with van der Waals surface area (Å²) >= 11 is 5.86. The Labute approximate surface area is 150 Å². The minimum atomic E-state index is -4.56. The molecule has 0 aliphatic rings. The molecule has 0 spiro atoms. The number of rotatable bonds is 3.